The number of nitrogens with one attached hydrogen (secondary N) is 1. The van der Waals surface area contributed by atoms with E-state index >= 15 is 0 Å². The van der Waals surface area contributed by atoms with Crippen LogP contribution in [0.4, 0.5) is 11.4 Å². The van der Waals surface area contributed by atoms with E-state index in [-0.39, 0.29) is 5.41 Å². The summed E-state index contributed by atoms with van der Waals surface area (Å²) in [6.45, 7) is 4.76. The maximum atomic E-state index is 3.65. The van der Waals surface area contributed by atoms with Crippen molar-refractivity contribution in [2.24, 2.45) is 0 Å². The molecule has 0 atom stereocenters. The highest BCUT2D eigenvalue weighted by Crippen LogP contribution is 2.58. The number of rotatable bonds is 3. The summed E-state index contributed by atoms with van der Waals surface area (Å²) in [5, 5.41) is 6.26. The third-order valence-corrected chi connectivity index (χ3v) is 9.32. The molecule has 0 saturated carbocycles. The van der Waals surface area contributed by atoms with Gasteiger partial charge in [-0.05, 0) is 58.1 Å². The van der Waals surface area contributed by atoms with Gasteiger partial charge >= 0.3 is 0 Å². The summed E-state index contributed by atoms with van der Waals surface area (Å²) >= 11 is 0. The minimum atomic E-state index is -0.0460. The zero-order valence-corrected chi connectivity index (χ0v) is 23.1. The molecule has 0 radical (unpaired) electrons. The molecule has 1 aliphatic heterocycles. The number of para-hydroxylation sites is 3. The maximum absolute atomic E-state index is 3.65. The van der Waals surface area contributed by atoms with Crippen molar-refractivity contribution in [3.8, 4) is 39.1 Å². The first kappa shape index (κ1) is 22.7. The number of aromatic nitrogens is 1. The van der Waals surface area contributed by atoms with Crippen LogP contribution < -0.4 is 5.32 Å². The monoisotopic (exact) mass is 524 g/mol. The third-order valence-electron chi connectivity index (χ3n) is 9.32. The van der Waals surface area contributed by atoms with Crippen LogP contribution in [0.2, 0.25) is 0 Å². The van der Waals surface area contributed by atoms with E-state index in [0.29, 0.717) is 0 Å². The van der Waals surface area contributed by atoms with Crippen molar-refractivity contribution < 1.29 is 0 Å². The second-order valence-electron chi connectivity index (χ2n) is 11.9. The molecular weight excluding hydrogens is 496 g/mol. The lowest BCUT2D eigenvalue weighted by Crippen LogP contribution is -2.15. The Kier molecular flexibility index (Phi) is 4.42. The number of hydrogen-bond donors (Lipinski definition) is 1. The Labute approximate surface area is 239 Å². The molecule has 2 aliphatic rings. The number of fused-ring (bicyclic) bond motifs is 6. The van der Waals surface area contributed by atoms with Gasteiger partial charge in [0.2, 0.25) is 0 Å². The van der Waals surface area contributed by atoms with Crippen molar-refractivity contribution >= 4 is 33.2 Å². The first-order valence-corrected chi connectivity index (χ1v) is 14.4. The van der Waals surface area contributed by atoms with Gasteiger partial charge in [0, 0.05) is 44.3 Å². The summed E-state index contributed by atoms with van der Waals surface area (Å²) in [6, 6.07) is 46.6. The fourth-order valence-electron chi connectivity index (χ4n) is 7.43. The van der Waals surface area contributed by atoms with Crippen molar-refractivity contribution in [1.29, 1.82) is 0 Å². The van der Waals surface area contributed by atoms with Crippen LogP contribution in [0.15, 0.2) is 127 Å². The van der Waals surface area contributed by atoms with Gasteiger partial charge in [0.1, 0.15) is 0 Å². The molecule has 1 N–H and O–H groups in total. The fourth-order valence-corrected chi connectivity index (χ4v) is 7.43. The number of hydrogen-bond acceptors (Lipinski definition) is 1. The van der Waals surface area contributed by atoms with E-state index in [4.69, 9.17) is 0 Å². The van der Waals surface area contributed by atoms with Crippen LogP contribution >= 0.6 is 0 Å². The Bertz CT molecular complexity index is 2200. The lowest BCUT2D eigenvalue weighted by molar-refractivity contribution is 0.661. The molecule has 7 aromatic rings. The van der Waals surface area contributed by atoms with Gasteiger partial charge in [0.05, 0.1) is 16.7 Å². The maximum Gasteiger partial charge on any atom is 0.0623 e. The Hall–Kier alpha value is -5.08. The molecule has 0 bridgehead atoms. The first-order valence-electron chi connectivity index (χ1n) is 14.4. The lowest BCUT2D eigenvalue weighted by Gasteiger charge is -2.22. The summed E-state index contributed by atoms with van der Waals surface area (Å²) in [7, 11) is 0. The molecule has 1 aliphatic carbocycles. The summed E-state index contributed by atoms with van der Waals surface area (Å²) in [5.41, 5.74) is 16.6. The summed E-state index contributed by atoms with van der Waals surface area (Å²) in [4.78, 5) is 0. The molecule has 0 fully saturated rings. The van der Waals surface area contributed by atoms with E-state index in [9.17, 15) is 0 Å². The zero-order valence-electron chi connectivity index (χ0n) is 23.1. The largest absolute Gasteiger partial charge is 0.355 e. The van der Waals surface area contributed by atoms with Gasteiger partial charge in [-0.1, -0.05) is 111 Å². The van der Waals surface area contributed by atoms with E-state index in [1.807, 2.05) is 6.07 Å². The summed E-state index contributed by atoms with van der Waals surface area (Å²) in [5.74, 6) is 0. The minimum Gasteiger partial charge on any atom is -0.355 e. The lowest BCUT2D eigenvalue weighted by atomic mass is 9.81. The molecule has 6 aromatic carbocycles. The Morgan fingerprint density at radius 3 is 2.15 bits per heavy atom. The highest BCUT2D eigenvalue weighted by molar-refractivity contribution is 6.19. The Morgan fingerprint density at radius 1 is 0.561 bits per heavy atom. The third kappa shape index (κ3) is 2.97. The molecule has 2 heterocycles. The SMILES string of the molecule is CC1(C)c2cccc3c2-c2c1ccc1c4ccc(-c5ccccc5Nc5ccccc5)cc4n(c21)-c1ccccc1-3. The zero-order chi connectivity index (χ0) is 27.3. The van der Waals surface area contributed by atoms with Crippen LogP contribution in [0.5, 0.6) is 0 Å². The fraction of sp³-hybridized carbons (Fsp3) is 0.0769. The molecule has 9 rings (SSSR count). The highest BCUT2D eigenvalue weighted by atomic mass is 15.0. The van der Waals surface area contributed by atoms with Crippen LogP contribution in [-0.4, -0.2) is 4.57 Å². The van der Waals surface area contributed by atoms with Crippen LogP contribution in [0, 0.1) is 0 Å². The van der Waals surface area contributed by atoms with Crippen LogP contribution in [0.25, 0.3) is 60.9 Å². The van der Waals surface area contributed by atoms with Gasteiger partial charge in [-0.15, -0.1) is 0 Å². The van der Waals surface area contributed by atoms with Crippen molar-refractivity contribution in [3.63, 3.8) is 0 Å². The molecule has 0 saturated heterocycles. The molecule has 0 amide bonds. The van der Waals surface area contributed by atoms with Crippen molar-refractivity contribution in [2.75, 3.05) is 5.32 Å². The van der Waals surface area contributed by atoms with Crippen LogP contribution in [0.3, 0.4) is 0 Å². The van der Waals surface area contributed by atoms with Crippen LogP contribution in [-0.2, 0) is 5.41 Å². The topological polar surface area (TPSA) is 17.0 Å². The number of benzene rings is 6. The predicted octanol–water partition coefficient (Wildman–Crippen LogP) is 10.5. The van der Waals surface area contributed by atoms with E-state index in [1.165, 1.54) is 72.0 Å². The number of nitrogens with zero attached hydrogens (tertiary/aromatic N) is 1. The first-order chi connectivity index (χ1) is 20.1. The average Bonchev–Trinajstić information content (AvgIpc) is 3.41. The molecule has 0 unspecified atom stereocenters. The summed E-state index contributed by atoms with van der Waals surface area (Å²) in [6.07, 6.45) is 0. The molecular formula is C39H28N2. The summed E-state index contributed by atoms with van der Waals surface area (Å²) < 4.78 is 2.54. The molecule has 194 valence electrons. The van der Waals surface area contributed by atoms with Gasteiger partial charge in [0.25, 0.3) is 0 Å². The molecule has 41 heavy (non-hydrogen) atoms. The minimum absolute atomic E-state index is 0.0460. The van der Waals surface area contributed by atoms with E-state index in [0.717, 1.165) is 11.4 Å². The quantitative estimate of drug-likeness (QED) is 0.243. The molecule has 0 spiro atoms. The highest BCUT2D eigenvalue weighted by Gasteiger charge is 2.40. The van der Waals surface area contributed by atoms with Crippen molar-refractivity contribution in [3.05, 3.63) is 139 Å². The molecule has 1 aromatic heterocycles. The standard InChI is InChI=1S/C39H28N2/c1-39(2)31-16-10-15-29-27-14-7-9-18-34(27)41-35-23-24(26-13-6-8-17-33(26)40-25-11-4-3-5-12-25)19-20-28(35)30-21-22-32(39)37(36(29)31)38(30)41/h3-23,40H,1-2H3. The van der Waals surface area contributed by atoms with E-state index in [2.05, 4.69) is 145 Å². The normalized spacial score (nSPS) is 13.8. The van der Waals surface area contributed by atoms with Crippen molar-refractivity contribution in [1.82, 2.24) is 4.57 Å². The van der Waals surface area contributed by atoms with Crippen molar-refractivity contribution in [2.45, 2.75) is 19.3 Å². The molecule has 2 heteroatoms. The Balaban J connectivity index is 1.38. The van der Waals surface area contributed by atoms with Gasteiger partial charge in [-0.25, -0.2) is 0 Å². The van der Waals surface area contributed by atoms with E-state index < -0.39 is 0 Å². The number of anilines is 2. The van der Waals surface area contributed by atoms with Crippen LogP contribution in [0.1, 0.15) is 25.0 Å². The molecule has 2 nitrogen and oxygen atoms in total. The second kappa shape index (κ2) is 7.99. The average molecular weight is 525 g/mol. The van der Waals surface area contributed by atoms with Gasteiger partial charge in [0.15, 0.2) is 0 Å². The van der Waals surface area contributed by atoms with E-state index in [1.54, 1.807) is 0 Å². The van der Waals surface area contributed by atoms with Gasteiger partial charge in [-0.2, -0.15) is 0 Å². The smallest absolute Gasteiger partial charge is 0.0623 e. The second-order valence-corrected chi connectivity index (χ2v) is 11.9. The van der Waals surface area contributed by atoms with Gasteiger partial charge < -0.3 is 9.88 Å². The van der Waals surface area contributed by atoms with Gasteiger partial charge in [-0.3, -0.25) is 0 Å². The predicted molar refractivity (Wildman–Crippen MR) is 172 cm³/mol. The Morgan fingerprint density at radius 2 is 1.27 bits per heavy atom.